The number of urea groups is 1. The molecule has 22 heavy (non-hydrogen) atoms. The summed E-state index contributed by atoms with van der Waals surface area (Å²) in [6.45, 7) is 3.03. The van der Waals surface area contributed by atoms with Crippen molar-refractivity contribution in [3.63, 3.8) is 0 Å². The highest BCUT2D eigenvalue weighted by Gasteiger charge is 2.21. The van der Waals surface area contributed by atoms with Crippen LogP contribution in [-0.4, -0.2) is 34.8 Å². The SMILES string of the molecule is CC(C(=O)Nc1cccc(N2CCNC2=O)c1)n1cccn1. The second-order valence-corrected chi connectivity index (χ2v) is 5.09. The standard InChI is InChI=1S/C15H17N5O2/c1-11(20-8-3-6-17-20)14(21)18-12-4-2-5-13(10-12)19-9-7-16-15(19)22/h2-6,8,10-11H,7,9H2,1H3,(H,16,22)(H,18,21). The van der Waals surface area contributed by atoms with Crippen LogP contribution in [0.3, 0.4) is 0 Å². The summed E-state index contributed by atoms with van der Waals surface area (Å²) in [6.07, 6.45) is 3.38. The summed E-state index contributed by atoms with van der Waals surface area (Å²) in [5.74, 6) is -0.160. The first-order chi connectivity index (χ1) is 10.6. The van der Waals surface area contributed by atoms with E-state index in [1.165, 1.54) is 0 Å². The summed E-state index contributed by atoms with van der Waals surface area (Å²) in [5, 5.41) is 9.67. The molecular weight excluding hydrogens is 282 g/mol. The van der Waals surface area contributed by atoms with Crippen molar-refractivity contribution in [3.8, 4) is 0 Å². The van der Waals surface area contributed by atoms with E-state index >= 15 is 0 Å². The molecule has 0 spiro atoms. The van der Waals surface area contributed by atoms with Crippen LogP contribution >= 0.6 is 0 Å². The average Bonchev–Trinajstić information content (AvgIpc) is 3.18. The van der Waals surface area contributed by atoms with Gasteiger partial charge in [-0.25, -0.2) is 4.79 Å². The number of anilines is 2. The zero-order chi connectivity index (χ0) is 15.5. The van der Waals surface area contributed by atoms with Gasteiger partial charge in [-0.1, -0.05) is 6.07 Å². The Labute approximate surface area is 127 Å². The molecule has 2 N–H and O–H groups in total. The lowest BCUT2D eigenvalue weighted by Crippen LogP contribution is -2.28. The number of benzene rings is 1. The molecule has 1 aromatic carbocycles. The molecule has 7 heteroatoms. The van der Waals surface area contributed by atoms with Crippen LogP contribution in [-0.2, 0) is 4.79 Å². The van der Waals surface area contributed by atoms with Crippen molar-refractivity contribution in [1.82, 2.24) is 15.1 Å². The third kappa shape index (κ3) is 2.78. The van der Waals surface area contributed by atoms with E-state index in [9.17, 15) is 9.59 Å². The summed E-state index contributed by atoms with van der Waals surface area (Å²) in [4.78, 5) is 25.6. The fourth-order valence-electron chi connectivity index (χ4n) is 2.35. The zero-order valence-electron chi connectivity index (χ0n) is 12.2. The van der Waals surface area contributed by atoms with Crippen molar-refractivity contribution in [2.75, 3.05) is 23.3 Å². The molecule has 0 radical (unpaired) electrons. The van der Waals surface area contributed by atoms with E-state index in [0.29, 0.717) is 18.8 Å². The minimum absolute atomic E-state index is 0.117. The molecule has 7 nitrogen and oxygen atoms in total. The van der Waals surface area contributed by atoms with Crippen molar-refractivity contribution in [3.05, 3.63) is 42.7 Å². The number of carbonyl (C=O) groups is 2. The van der Waals surface area contributed by atoms with Crippen LogP contribution in [0.5, 0.6) is 0 Å². The Morgan fingerprint density at radius 3 is 2.95 bits per heavy atom. The Morgan fingerprint density at radius 1 is 1.41 bits per heavy atom. The maximum absolute atomic E-state index is 12.2. The third-order valence-corrected chi connectivity index (χ3v) is 3.58. The molecule has 1 aliphatic heterocycles. The maximum atomic E-state index is 12.2. The number of nitrogens with one attached hydrogen (secondary N) is 2. The molecule has 2 heterocycles. The summed E-state index contributed by atoms with van der Waals surface area (Å²) < 4.78 is 1.59. The molecule has 1 saturated heterocycles. The van der Waals surface area contributed by atoms with Crippen LogP contribution in [0.15, 0.2) is 42.7 Å². The predicted octanol–water partition coefficient (Wildman–Crippen LogP) is 1.61. The summed E-state index contributed by atoms with van der Waals surface area (Å²) in [7, 11) is 0. The van der Waals surface area contributed by atoms with Crippen molar-refractivity contribution < 1.29 is 9.59 Å². The number of carbonyl (C=O) groups excluding carboxylic acids is 2. The van der Waals surface area contributed by atoms with Gasteiger partial charge in [0.2, 0.25) is 5.91 Å². The van der Waals surface area contributed by atoms with E-state index in [4.69, 9.17) is 0 Å². The lowest BCUT2D eigenvalue weighted by molar-refractivity contribution is -0.119. The third-order valence-electron chi connectivity index (χ3n) is 3.58. The molecule has 2 aromatic rings. The molecule has 1 aromatic heterocycles. The first-order valence-electron chi connectivity index (χ1n) is 7.10. The summed E-state index contributed by atoms with van der Waals surface area (Å²) >= 11 is 0. The quantitative estimate of drug-likeness (QED) is 0.900. The molecule has 1 unspecified atom stereocenters. The Kier molecular flexibility index (Phi) is 3.78. The zero-order valence-corrected chi connectivity index (χ0v) is 12.2. The molecule has 0 bridgehead atoms. The lowest BCUT2D eigenvalue weighted by Gasteiger charge is -2.17. The molecular formula is C15H17N5O2. The van der Waals surface area contributed by atoms with Gasteiger partial charge in [0.05, 0.1) is 0 Å². The molecule has 114 valence electrons. The van der Waals surface area contributed by atoms with Gasteiger partial charge in [0, 0.05) is 36.9 Å². The molecule has 1 fully saturated rings. The predicted molar refractivity (Wildman–Crippen MR) is 82.8 cm³/mol. The van der Waals surface area contributed by atoms with Gasteiger partial charge < -0.3 is 10.6 Å². The number of nitrogens with zero attached hydrogens (tertiary/aromatic N) is 3. The van der Waals surface area contributed by atoms with Crippen molar-refractivity contribution >= 4 is 23.3 Å². The van der Waals surface area contributed by atoms with Gasteiger partial charge in [0.25, 0.3) is 0 Å². The van der Waals surface area contributed by atoms with Gasteiger partial charge in [0.1, 0.15) is 6.04 Å². The van der Waals surface area contributed by atoms with Crippen LogP contribution in [0.25, 0.3) is 0 Å². The molecule has 1 aliphatic rings. The van der Waals surface area contributed by atoms with Gasteiger partial charge in [-0.3, -0.25) is 14.4 Å². The highest BCUT2D eigenvalue weighted by molar-refractivity contribution is 5.97. The summed E-state index contributed by atoms with van der Waals surface area (Å²) in [5.41, 5.74) is 1.42. The molecule has 0 saturated carbocycles. The number of aromatic nitrogens is 2. The van der Waals surface area contributed by atoms with E-state index in [-0.39, 0.29) is 11.9 Å². The van der Waals surface area contributed by atoms with E-state index < -0.39 is 6.04 Å². The highest BCUT2D eigenvalue weighted by Crippen LogP contribution is 2.21. The van der Waals surface area contributed by atoms with Crippen molar-refractivity contribution in [1.29, 1.82) is 0 Å². The molecule has 1 atom stereocenters. The second kappa shape index (κ2) is 5.88. The Morgan fingerprint density at radius 2 is 2.27 bits per heavy atom. The fourth-order valence-corrected chi connectivity index (χ4v) is 2.35. The number of hydrogen-bond acceptors (Lipinski definition) is 3. The van der Waals surface area contributed by atoms with E-state index in [0.717, 1.165) is 5.69 Å². The van der Waals surface area contributed by atoms with Gasteiger partial charge in [-0.2, -0.15) is 5.10 Å². The molecule has 3 amide bonds. The van der Waals surface area contributed by atoms with Gasteiger partial charge in [-0.15, -0.1) is 0 Å². The average molecular weight is 299 g/mol. The largest absolute Gasteiger partial charge is 0.336 e. The minimum atomic E-state index is -0.409. The Balaban J connectivity index is 1.73. The smallest absolute Gasteiger partial charge is 0.321 e. The first kappa shape index (κ1) is 14.1. The monoisotopic (exact) mass is 299 g/mol. The van der Waals surface area contributed by atoms with Gasteiger partial charge in [-0.05, 0) is 31.2 Å². The summed E-state index contributed by atoms with van der Waals surface area (Å²) in [6, 6.07) is 8.49. The number of hydrogen-bond donors (Lipinski definition) is 2. The van der Waals surface area contributed by atoms with Crippen molar-refractivity contribution in [2.45, 2.75) is 13.0 Å². The van der Waals surface area contributed by atoms with Crippen LogP contribution in [0, 0.1) is 0 Å². The van der Waals surface area contributed by atoms with Gasteiger partial charge in [0.15, 0.2) is 0 Å². The van der Waals surface area contributed by atoms with E-state index in [2.05, 4.69) is 15.7 Å². The minimum Gasteiger partial charge on any atom is -0.336 e. The maximum Gasteiger partial charge on any atom is 0.321 e. The number of amides is 3. The Bertz CT molecular complexity index is 683. The van der Waals surface area contributed by atoms with Gasteiger partial charge >= 0.3 is 6.03 Å². The van der Waals surface area contributed by atoms with Crippen LogP contribution in [0.4, 0.5) is 16.2 Å². The molecule has 0 aliphatic carbocycles. The molecule has 3 rings (SSSR count). The van der Waals surface area contributed by atoms with Crippen molar-refractivity contribution in [2.24, 2.45) is 0 Å². The van der Waals surface area contributed by atoms with Crippen LogP contribution < -0.4 is 15.5 Å². The normalized spacial score (nSPS) is 15.5. The Hall–Kier alpha value is -2.83. The first-order valence-corrected chi connectivity index (χ1v) is 7.10. The lowest BCUT2D eigenvalue weighted by atomic mass is 10.2. The highest BCUT2D eigenvalue weighted by atomic mass is 16.2. The van der Waals surface area contributed by atoms with Crippen LogP contribution in [0.2, 0.25) is 0 Å². The fraction of sp³-hybridized carbons (Fsp3) is 0.267. The topological polar surface area (TPSA) is 79.3 Å². The van der Waals surface area contributed by atoms with E-state index in [1.54, 1.807) is 47.1 Å². The van der Waals surface area contributed by atoms with E-state index in [1.807, 2.05) is 12.1 Å². The van der Waals surface area contributed by atoms with Crippen LogP contribution in [0.1, 0.15) is 13.0 Å². The second-order valence-electron chi connectivity index (χ2n) is 5.09. The number of rotatable bonds is 4.